The molecule has 4 atom stereocenters. The maximum atomic E-state index is 13.3. The molecular formula is C25H35NO3. The molecule has 0 spiro atoms. The molecule has 1 heterocycles. The van der Waals surface area contributed by atoms with E-state index in [9.17, 15) is 15.0 Å². The van der Waals surface area contributed by atoms with Crippen LogP contribution in [-0.2, 0) is 16.6 Å². The number of aliphatic hydroxyl groups is 1. The molecule has 4 nitrogen and oxygen atoms in total. The van der Waals surface area contributed by atoms with Gasteiger partial charge in [0.2, 0.25) is 0 Å². The lowest BCUT2D eigenvalue weighted by Gasteiger charge is -2.64. The first kappa shape index (κ1) is 19.6. The Kier molecular flexibility index (Phi) is 4.25. The number of hydrogen-bond acceptors (Lipinski definition) is 4. The van der Waals surface area contributed by atoms with Gasteiger partial charge in [0.1, 0.15) is 11.5 Å². The lowest BCUT2D eigenvalue weighted by atomic mass is 9.47. The Hall–Kier alpha value is -1.39. The number of ketones is 1. The van der Waals surface area contributed by atoms with Gasteiger partial charge in [0.25, 0.3) is 0 Å². The van der Waals surface area contributed by atoms with Crippen LogP contribution in [-0.4, -0.2) is 45.6 Å². The van der Waals surface area contributed by atoms with Crippen LogP contribution in [0.15, 0.2) is 18.2 Å². The van der Waals surface area contributed by atoms with Gasteiger partial charge in [-0.25, -0.2) is 0 Å². The van der Waals surface area contributed by atoms with E-state index in [1.54, 1.807) is 6.07 Å². The molecule has 1 aromatic carbocycles. The second-order valence-corrected chi connectivity index (χ2v) is 11.6. The first-order valence-electron chi connectivity index (χ1n) is 11.4. The number of likely N-dealkylation sites (tertiary alicyclic amines) is 1. The number of benzene rings is 1. The Balaban J connectivity index is 1.60. The predicted molar refractivity (Wildman–Crippen MR) is 113 cm³/mol. The van der Waals surface area contributed by atoms with Gasteiger partial charge in [-0.2, -0.15) is 0 Å². The molecule has 158 valence electrons. The van der Waals surface area contributed by atoms with E-state index in [-0.39, 0.29) is 23.1 Å². The molecule has 0 amide bonds. The molecule has 1 aromatic rings. The molecular weight excluding hydrogens is 362 g/mol. The molecule has 0 radical (unpaired) electrons. The largest absolute Gasteiger partial charge is 0.508 e. The smallest absolute Gasteiger partial charge is 0.137 e. The number of piperidine rings is 1. The first-order valence-corrected chi connectivity index (χ1v) is 11.4. The number of phenols is 1. The van der Waals surface area contributed by atoms with Crippen LogP contribution in [0.25, 0.3) is 0 Å². The fourth-order valence-corrected chi connectivity index (χ4v) is 6.76. The second-order valence-electron chi connectivity index (χ2n) is 11.6. The molecule has 3 fully saturated rings. The van der Waals surface area contributed by atoms with Gasteiger partial charge in [0.05, 0.1) is 5.60 Å². The van der Waals surface area contributed by atoms with E-state index in [1.165, 1.54) is 18.4 Å². The van der Waals surface area contributed by atoms with Crippen LogP contribution in [0.4, 0.5) is 0 Å². The van der Waals surface area contributed by atoms with E-state index in [1.807, 2.05) is 12.1 Å². The molecule has 2 saturated carbocycles. The Morgan fingerprint density at radius 3 is 2.69 bits per heavy atom. The Morgan fingerprint density at radius 2 is 2.00 bits per heavy atom. The van der Waals surface area contributed by atoms with Crippen molar-refractivity contribution < 1.29 is 15.0 Å². The number of aromatic hydroxyl groups is 1. The molecule has 5 rings (SSSR count). The van der Waals surface area contributed by atoms with Crippen molar-refractivity contribution in [1.29, 1.82) is 0 Å². The van der Waals surface area contributed by atoms with Gasteiger partial charge in [-0.1, -0.05) is 26.8 Å². The number of carbonyl (C=O) groups excluding carboxylic acids is 1. The molecule has 0 unspecified atom stereocenters. The maximum absolute atomic E-state index is 13.3. The Morgan fingerprint density at radius 1 is 1.24 bits per heavy atom. The van der Waals surface area contributed by atoms with Crippen molar-refractivity contribution in [3.8, 4) is 5.75 Å². The summed E-state index contributed by atoms with van der Waals surface area (Å²) >= 11 is 0. The van der Waals surface area contributed by atoms with Crippen molar-refractivity contribution in [2.45, 2.75) is 82.8 Å². The summed E-state index contributed by atoms with van der Waals surface area (Å²) in [6.07, 6.45) is 6.03. The molecule has 3 aliphatic carbocycles. The standard InChI is InChI=1S/C25H35NO3/c1-23(2,3)12-18-13-25(29)22-10-17-6-7-19(27)11-20(17)24(25,14-21(18)28)8-9-26(22)15-16-4-5-16/h6-7,11,16,18,22,27,29H,4-5,8-10,12-15H2,1-3H3/t18-,22+,24+,25+/m0/s1. The fraction of sp³-hybridized carbons (Fsp3) is 0.720. The number of carbonyl (C=O) groups is 1. The van der Waals surface area contributed by atoms with Gasteiger partial charge in [-0.05, 0) is 79.7 Å². The average Bonchev–Trinajstić information content (AvgIpc) is 3.42. The van der Waals surface area contributed by atoms with Gasteiger partial charge >= 0.3 is 0 Å². The van der Waals surface area contributed by atoms with Crippen LogP contribution in [0.1, 0.15) is 70.4 Å². The fourth-order valence-electron chi connectivity index (χ4n) is 6.76. The van der Waals surface area contributed by atoms with E-state index in [2.05, 4.69) is 25.7 Å². The van der Waals surface area contributed by atoms with Crippen molar-refractivity contribution in [3.05, 3.63) is 29.3 Å². The second kappa shape index (κ2) is 6.31. The molecule has 29 heavy (non-hydrogen) atoms. The van der Waals surface area contributed by atoms with Gasteiger partial charge in [-0.15, -0.1) is 0 Å². The van der Waals surface area contributed by atoms with Crippen molar-refractivity contribution in [1.82, 2.24) is 4.90 Å². The van der Waals surface area contributed by atoms with E-state index in [0.29, 0.717) is 18.6 Å². The highest BCUT2D eigenvalue weighted by atomic mass is 16.3. The van der Waals surface area contributed by atoms with Crippen LogP contribution < -0.4 is 0 Å². The highest BCUT2D eigenvalue weighted by molar-refractivity contribution is 5.85. The zero-order valence-electron chi connectivity index (χ0n) is 18.1. The zero-order chi connectivity index (χ0) is 20.6. The van der Waals surface area contributed by atoms with E-state index >= 15 is 0 Å². The summed E-state index contributed by atoms with van der Waals surface area (Å²) in [7, 11) is 0. The quantitative estimate of drug-likeness (QED) is 0.814. The van der Waals surface area contributed by atoms with Crippen molar-refractivity contribution in [3.63, 3.8) is 0 Å². The number of nitrogens with zero attached hydrogens (tertiary/aromatic N) is 1. The summed E-state index contributed by atoms with van der Waals surface area (Å²) in [5.74, 6) is 1.25. The third-order valence-corrected chi connectivity index (χ3v) is 8.21. The van der Waals surface area contributed by atoms with Crippen LogP contribution in [0.5, 0.6) is 5.75 Å². The Labute approximate surface area is 174 Å². The normalized spacial score (nSPS) is 37.2. The minimum Gasteiger partial charge on any atom is -0.508 e. The summed E-state index contributed by atoms with van der Waals surface area (Å²) in [5.41, 5.74) is 0.861. The summed E-state index contributed by atoms with van der Waals surface area (Å²) in [6.45, 7) is 8.57. The first-order chi connectivity index (χ1) is 13.6. The van der Waals surface area contributed by atoms with E-state index < -0.39 is 11.0 Å². The SMILES string of the molecule is CC(C)(C)C[C@H]1C[C@@]2(O)[C@H]3Cc4ccc(O)cc4[C@@]2(CCN3CC2CC2)CC1=O. The zero-order valence-corrected chi connectivity index (χ0v) is 18.1. The Bertz CT molecular complexity index is 839. The summed E-state index contributed by atoms with van der Waals surface area (Å²) in [4.78, 5) is 15.9. The molecule has 4 heteroatoms. The average molecular weight is 398 g/mol. The molecule has 2 bridgehead atoms. The lowest BCUT2D eigenvalue weighted by molar-refractivity contribution is -0.183. The van der Waals surface area contributed by atoms with E-state index in [4.69, 9.17) is 0 Å². The monoisotopic (exact) mass is 397 g/mol. The van der Waals surface area contributed by atoms with Gasteiger partial charge in [0.15, 0.2) is 0 Å². The molecule has 1 saturated heterocycles. The van der Waals surface area contributed by atoms with Crippen LogP contribution in [0.3, 0.4) is 0 Å². The summed E-state index contributed by atoms with van der Waals surface area (Å²) < 4.78 is 0. The minimum atomic E-state index is -0.898. The van der Waals surface area contributed by atoms with Crippen molar-refractivity contribution in [2.24, 2.45) is 17.3 Å². The minimum absolute atomic E-state index is 0.0643. The van der Waals surface area contributed by atoms with Gasteiger partial charge in [0, 0.05) is 30.3 Å². The maximum Gasteiger partial charge on any atom is 0.137 e. The third kappa shape index (κ3) is 3.06. The number of phenolic OH excluding ortho intramolecular Hbond substituents is 1. The van der Waals surface area contributed by atoms with Crippen LogP contribution in [0, 0.1) is 17.3 Å². The lowest BCUT2D eigenvalue weighted by Crippen LogP contribution is -2.74. The number of fused-ring (bicyclic) bond motifs is 1. The van der Waals surface area contributed by atoms with E-state index in [0.717, 1.165) is 43.8 Å². The molecule has 2 N–H and O–H groups in total. The highest BCUT2D eigenvalue weighted by Crippen LogP contribution is 2.59. The highest BCUT2D eigenvalue weighted by Gasteiger charge is 2.66. The number of Topliss-reactive ketones (excluding diaryl/α,β-unsaturated/α-hetero) is 1. The summed E-state index contributed by atoms with van der Waals surface area (Å²) in [5, 5.41) is 22.6. The number of rotatable bonds is 3. The van der Waals surface area contributed by atoms with Crippen LogP contribution in [0.2, 0.25) is 0 Å². The predicted octanol–water partition coefficient (Wildman–Crippen LogP) is 3.82. The molecule has 0 aromatic heterocycles. The van der Waals surface area contributed by atoms with Crippen molar-refractivity contribution >= 4 is 5.78 Å². The molecule has 1 aliphatic heterocycles. The topological polar surface area (TPSA) is 60.8 Å². The van der Waals surface area contributed by atoms with Crippen molar-refractivity contribution in [2.75, 3.05) is 13.1 Å². The third-order valence-electron chi connectivity index (χ3n) is 8.21. The molecule has 4 aliphatic rings. The number of hydrogen-bond donors (Lipinski definition) is 2. The summed E-state index contributed by atoms with van der Waals surface area (Å²) in [6, 6.07) is 5.69. The van der Waals surface area contributed by atoms with Gasteiger partial charge in [-0.3, -0.25) is 9.69 Å². The van der Waals surface area contributed by atoms with Crippen LogP contribution >= 0.6 is 0 Å². The van der Waals surface area contributed by atoms with Gasteiger partial charge < -0.3 is 10.2 Å².